The molecule has 2 N–H and O–H groups in total. The Morgan fingerprint density at radius 1 is 0.947 bits per heavy atom. The van der Waals surface area contributed by atoms with Crippen molar-refractivity contribution in [3.05, 3.63) is 55.1 Å². The van der Waals surface area contributed by atoms with E-state index in [1.807, 2.05) is 34.9 Å². The number of imidazole rings is 1. The van der Waals surface area contributed by atoms with Crippen LogP contribution in [0.3, 0.4) is 0 Å². The van der Waals surface area contributed by atoms with Gasteiger partial charge in [-0.05, 0) is 43.2 Å². The lowest BCUT2D eigenvalue weighted by atomic mass is 9.88. The topological polar surface area (TPSA) is 118 Å². The molecule has 0 spiro atoms. The third kappa shape index (κ3) is 3.30. The van der Waals surface area contributed by atoms with Crippen molar-refractivity contribution in [1.29, 1.82) is 0 Å². The Kier molecular flexibility index (Phi) is 4.72. The second-order valence-corrected chi connectivity index (χ2v) is 11.0. The van der Waals surface area contributed by atoms with Crippen molar-refractivity contribution in [2.75, 3.05) is 0 Å². The molecule has 186 valence electrons. The van der Waals surface area contributed by atoms with E-state index in [4.69, 9.17) is 9.97 Å². The maximum absolute atomic E-state index is 14.1. The molecular formula is C28H22N8OS. The van der Waals surface area contributed by atoms with Gasteiger partial charge >= 0.3 is 0 Å². The van der Waals surface area contributed by atoms with E-state index < -0.39 is 0 Å². The van der Waals surface area contributed by atoms with Gasteiger partial charge in [-0.3, -0.25) is 29.4 Å². The summed E-state index contributed by atoms with van der Waals surface area (Å²) in [5.74, 6) is 0.119. The number of aromatic nitrogens is 8. The minimum atomic E-state index is -0.00143. The summed E-state index contributed by atoms with van der Waals surface area (Å²) in [7, 11) is 0. The van der Waals surface area contributed by atoms with Gasteiger partial charge in [-0.25, -0.2) is 4.98 Å². The molecule has 0 aliphatic heterocycles. The molecule has 8 bridgehead atoms. The van der Waals surface area contributed by atoms with Gasteiger partial charge in [0.2, 0.25) is 5.91 Å². The van der Waals surface area contributed by atoms with Crippen LogP contribution in [0.2, 0.25) is 0 Å². The Bertz CT molecular complexity index is 2110. The third-order valence-electron chi connectivity index (χ3n) is 7.57. The van der Waals surface area contributed by atoms with Gasteiger partial charge in [0.15, 0.2) is 5.65 Å². The predicted molar refractivity (Wildman–Crippen MR) is 150 cm³/mol. The van der Waals surface area contributed by atoms with Crippen molar-refractivity contribution in [3.8, 4) is 0 Å². The molecule has 1 saturated carbocycles. The van der Waals surface area contributed by atoms with Crippen molar-refractivity contribution in [2.45, 2.75) is 32.1 Å². The molecule has 0 unspecified atom stereocenters. The van der Waals surface area contributed by atoms with Gasteiger partial charge in [0.25, 0.3) is 0 Å². The normalized spacial score (nSPS) is 14.8. The number of carbonyl (C=O) groups is 1. The highest BCUT2D eigenvalue weighted by atomic mass is 32.1. The van der Waals surface area contributed by atoms with Crippen LogP contribution in [-0.4, -0.2) is 45.6 Å². The Labute approximate surface area is 219 Å². The van der Waals surface area contributed by atoms with Gasteiger partial charge in [0.05, 0.1) is 39.2 Å². The van der Waals surface area contributed by atoms with Crippen LogP contribution in [0, 0.1) is 5.92 Å². The second kappa shape index (κ2) is 8.29. The van der Waals surface area contributed by atoms with Crippen molar-refractivity contribution in [3.63, 3.8) is 0 Å². The summed E-state index contributed by atoms with van der Waals surface area (Å²) < 4.78 is 2.79. The number of pyridine rings is 3. The van der Waals surface area contributed by atoms with Gasteiger partial charge in [-0.2, -0.15) is 5.10 Å². The summed E-state index contributed by atoms with van der Waals surface area (Å²) in [4.78, 5) is 37.2. The fourth-order valence-electron chi connectivity index (χ4n) is 5.64. The van der Waals surface area contributed by atoms with Crippen LogP contribution in [0.1, 0.15) is 36.9 Å². The molecule has 0 atom stereocenters. The van der Waals surface area contributed by atoms with E-state index in [0.29, 0.717) is 11.2 Å². The Hall–Kier alpha value is -4.44. The number of nitrogens with zero attached hydrogens (tertiary/aromatic N) is 6. The highest BCUT2D eigenvalue weighted by Crippen LogP contribution is 2.31. The van der Waals surface area contributed by atoms with Gasteiger partial charge in [-0.15, -0.1) is 11.3 Å². The molecule has 0 saturated heterocycles. The summed E-state index contributed by atoms with van der Waals surface area (Å²) in [6, 6.07) is 9.95. The first-order valence-corrected chi connectivity index (χ1v) is 13.6. The number of nitrogens with one attached hydrogen (secondary N) is 2. The highest BCUT2D eigenvalue weighted by molar-refractivity contribution is 7.24. The first-order valence-electron chi connectivity index (χ1n) is 12.8. The van der Waals surface area contributed by atoms with Crippen molar-refractivity contribution >= 4 is 81.8 Å². The quantitative estimate of drug-likeness (QED) is 0.258. The lowest BCUT2D eigenvalue weighted by Crippen LogP contribution is -2.24. The molecule has 1 aliphatic carbocycles. The molecule has 1 fully saturated rings. The number of carbonyl (C=O) groups excluding carboxylic acids is 1. The minimum Gasteiger partial charge on any atom is -0.336 e. The molecule has 38 heavy (non-hydrogen) atoms. The number of thiophene rings is 1. The molecule has 9 nitrogen and oxygen atoms in total. The number of rotatable bonds is 1. The maximum atomic E-state index is 14.1. The van der Waals surface area contributed by atoms with Gasteiger partial charge in [-0.1, -0.05) is 19.3 Å². The van der Waals surface area contributed by atoms with Crippen LogP contribution in [0.25, 0.3) is 64.6 Å². The SMILES string of the molecule is O=C(C1CCCCC1)n1c2cncc(c2)c2cc3c(cn2)[nH]nc3c2nc3c(ccnc3c3ccc1s3)[nH]2. The Morgan fingerprint density at radius 2 is 1.87 bits per heavy atom. The smallest absolute Gasteiger partial charge is 0.235 e. The largest absolute Gasteiger partial charge is 0.336 e. The monoisotopic (exact) mass is 518 g/mol. The number of H-pyrrole nitrogens is 2. The minimum absolute atomic E-state index is 0.00143. The average Bonchev–Trinajstić information content (AvgIpc) is 3.71. The molecular weight excluding hydrogens is 496 g/mol. The molecule has 0 amide bonds. The van der Waals surface area contributed by atoms with E-state index >= 15 is 0 Å². The molecule has 7 aromatic heterocycles. The van der Waals surface area contributed by atoms with Gasteiger partial charge < -0.3 is 4.98 Å². The first-order chi connectivity index (χ1) is 18.7. The molecule has 1 aliphatic rings. The number of hydrogen-bond donors (Lipinski definition) is 2. The van der Waals surface area contributed by atoms with E-state index in [2.05, 4.69) is 25.1 Å². The first kappa shape index (κ1) is 21.6. The van der Waals surface area contributed by atoms with Crippen molar-refractivity contribution in [1.82, 2.24) is 39.7 Å². The summed E-state index contributed by atoms with van der Waals surface area (Å²) in [6.07, 6.45) is 12.3. The summed E-state index contributed by atoms with van der Waals surface area (Å²) in [6.45, 7) is 0. The van der Waals surface area contributed by atoms with Crippen molar-refractivity contribution in [2.24, 2.45) is 5.92 Å². The summed E-state index contributed by atoms with van der Waals surface area (Å²) in [5, 5.41) is 9.36. The lowest BCUT2D eigenvalue weighted by molar-refractivity contribution is 0.0812. The van der Waals surface area contributed by atoms with E-state index in [-0.39, 0.29) is 11.8 Å². The third-order valence-corrected chi connectivity index (χ3v) is 8.65. The van der Waals surface area contributed by atoms with E-state index in [9.17, 15) is 4.79 Å². The maximum Gasteiger partial charge on any atom is 0.235 e. The van der Waals surface area contributed by atoms with Gasteiger partial charge in [0, 0.05) is 29.1 Å². The van der Waals surface area contributed by atoms with Crippen LogP contribution in [0.4, 0.5) is 0 Å². The van der Waals surface area contributed by atoms with E-state index in [1.165, 1.54) is 6.42 Å². The van der Waals surface area contributed by atoms with Gasteiger partial charge in [0.1, 0.15) is 21.4 Å². The zero-order valence-corrected chi connectivity index (χ0v) is 21.1. The number of fused-ring (bicyclic) bond motifs is 9. The van der Waals surface area contributed by atoms with E-state index in [1.54, 1.807) is 36.1 Å². The van der Waals surface area contributed by atoms with E-state index in [0.717, 1.165) is 79.1 Å². The molecule has 0 radical (unpaired) electrons. The highest BCUT2D eigenvalue weighted by Gasteiger charge is 2.24. The zero-order chi connectivity index (χ0) is 25.2. The lowest BCUT2D eigenvalue weighted by Gasteiger charge is -2.21. The van der Waals surface area contributed by atoms with Crippen LogP contribution in [0.15, 0.2) is 55.1 Å². The molecule has 10 heteroatoms. The number of aromatic amines is 2. The number of hydrogen-bond acceptors (Lipinski definition) is 7. The van der Waals surface area contributed by atoms with Crippen LogP contribution in [-0.2, 0) is 0 Å². The summed E-state index contributed by atoms with van der Waals surface area (Å²) in [5.41, 5.74) is 6.09. The fraction of sp³-hybridized carbons (Fsp3) is 0.214. The molecule has 0 aromatic carbocycles. The average molecular weight is 519 g/mol. The second-order valence-electron chi connectivity index (χ2n) is 9.91. The summed E-state index contributed by atoms with van der Waals surface area (Å²) >= 11 is 1.54. The van der Waals surface area contributed by atoms with Crippen LogP contribution in [0.5, 0.6) is 0 Å². The molecule has 7 aromatic rings. The Morgan fingerprint density at radius 3 is 2.79 bits per heavy atom. The van der Waals surface area contributed by atoms with Crippen LogP contribution < -0.4 is 0 Å². The van der Waals surface area contributed by atoms with Crippen molar-refractivity contribution < 1.29 is 4.79 Å². The molecule has 8 rings (SSSR count). The standard InChI is InChI=1S/C28H22N8OS/c37-28(15-4-2-1-3-5-15)36-17-10-16(12-29-13-17)20-11-18-21(14-31-20)34-35-24(18)27-32-19-8-9-30-26(25(19)33-27)22-6-7-23(36)38-22/h6-15H,1-5H2,(H,32,33)(H,34,35). The van der Waals surface area contributed by atoms with Crippen LogP contribution >= 0.6 is 11.3 Å². The molecule has 7 heterocycles. The Balaban J connectivity index is 1.57. The fourth-order valence-corrected chi connectivity index (χ4v) is 6.67. The zero-order valence-electron chi connectivity index (χ0n) is 20.3. The predicted octanol–water partition coefficient (Wildman–Crippen LogP) is 6.44.